The molecule has 1 aliphatic rings. The Kier molecular flexibility index (Phi) is 7.46. The molecule has 0 radical (unpaired) electrons. The molecular weight excluding hydrogens is 402 g/mol. The van der Waals surface area contributed by atoms with Gasteiger partial charge < -0.3 is 4.74 Å². The Hall–Kier alpha value is -1.73. The van der Waals surface area contributed by atoms with Crippen LogP contribution in [-0.4, -0.2) is 22.4 Å². The first kappa shape index (κ1) is 22.0. The van der Waals surface area contributed by atoms with Crippen molar-refractivity contribution in [2.75, 3.05) is 5.32 Å². The van der Waals surface area contributed by atoms with E-state index in [1.165, 1.54) is 37.1 Å². The lowest BCUT2D eigenvalue weighted by Crippen LogP contribution is -2.18. The minimum Gasteiger partial charge on any atom is -0.447 e. The number of benzene rings is 1. The fourth-order valence-electron chi connectivity index (χ4n) is 3.55. The highest BCUT2D eigenvalue weighted by Crippen LogP contribution is 2.39. The van der Waals surface area contributed by atoms with Crippen LogP contribution in [0, 0.1) is 4.78 Å². The van der Waals surface area contributed by atoms with E-state index >= 15 is 0 Å². The molecule has 0 bridgehead atoms. The van der Waals surface area contributed by atoms with Gasteiger partial charge in [-0.25, -0.2) is 9.78 Å². The Balaban J connectivity index is 1.90. The van der Waals surface area contributed by atoms with E-state index in [0.717, 1.165) is 15.3 Å². The summed E-state index contributed by atoms with van der Waals surface area (Å²) in [7, 11) is -0.692. The van der Waals surface area contributed by atoms with Crippen molar-refractivity contribution in [3.05, 3.63) is 29.4 Å². The molecule has 0 saturated heterocycles. The first-order valence-corrected chi connectivity index (χ1v) is 12.5. The average Bonchev–Trinajstić information content (AvgIpc) is 3.17. The maximum atomic E-state index is 12.0. The van der Waals surface area contributed by atoms with Gasteiger partial charge in [-0.15, -0.1) is 11.3 Å². The van der Waals surface area contributed by atoms with Crippen molar-refractivity contribution in [1.29, 1.82) is 4.78 Å². The number of anilines is 1. The average molecular weight is 434 g/mol. The van der Waals surface area contributed by atoms with Gasteiger partial charge in [0.25, 0.3) is 0 Å². The molecule has 5 nitrogen and oxygen atoms in total. The van der Waals surface area contributed by atoms with Crippen LogP contribution < -0.4 is 5.32 Å². The molecule has 1 heterocycles. The van der Waals surface area contributed by atoms with Gasteiger partial charge in [-0.1, -0.05) is 49.9 Å². The zero-order chi connectivity index (χ0) is 21.0. The lowest BCUT2D eigenvalue weighted by atomic mass is 9.90. The second-order valence-corrected chi connectivity index (χ2v) is 11.2. The maximum Gasteiger partial charge on any atom is 0.411 e. The molecule has 1 fully saturated rings. The van der Waals surface area contributed by atoms with Crippen molar-refractivity contribution in [2.24, 2.45) is 0 Å². The molecular formula is C22H31N3O2S2. The van der Waals surface area contributed by atoms with Crippen molar-refractivity contribution in [3.63, 3.8) is 0 Å². The Bertz CT molecular complexity index is 871. The summed E-state index contributed by atoms with van der Waals surface area (Å²) in [4.78, 5) is 18.8. The molecule has 1 unspecified atom stereocenters. The molecule has 7 heteroatoms. The fourth-order valence-corrected chi connectivity index (χ4v) is 5.92. The van der Waals surface area contributed by atoms with E-state index in [0.29, 0.717) is 11.6 Å². The number of hydrogen-bond acceptors (Lipinski definition) is 5. The molecule has 2 N–H and O–H groups in total. The summed E-state index contributed by atoms with van der Waals surface area (Å²) in [6.45, 7) is 7.77. The standard InChI is InChI=1S/C22H31N3O2S2/c1-14(2)27-22(26)25-17-10-11-18(20(12-17)29(23)15(3)4)19-13-24-21(28-19)16-8-6-5-7-9-16/h10-16,23H,5-9H2,1-4H3,(H,25,26). The number of amides is 1. The molecule has 1 aromatic heterocycles. The number of carbonyl (C=O) groups is 1. The van der Waals surface area contributed by atoms with Crippen LogP contribution in [0.4, 0.5) is 10.5 Å². The SMILES string of the molecule is CC(C)OC(=O)Nc1ccc(-c2cnc(C3CCCCC3)s2)c(S(=N)C(C)C)c1. The zero-order valence-electron chi connectivity index (χ0n) is 17.7. The minimum atomic E-state index is -0.692. The molecule has 158 valence electrons. The smallest absolute Gasteiger partial charge is 0.411 e. The topological polar surface area (TPSA) is 75.1 Å². The number of rotatable bonds is 6. The molecule has 1 aliphatic carbocycles. The van der Waals surface area contributed by atoms with E-state index in [2.05, 4.69) is 19.2 Å². The molecule has 29 heavy (non-hydrogen) atoms. The Morgan fingerprint density at radius 1 is 1.24 bits per heavy atom. The van der Waals surface area contributed by atoms with Gasteiger partial charge in [0.05, 0.1) is 16.0 Å². The number of nitrogens with zero attached hydrogens (tertiary/aromatic N) is 1. The van der Waals surface area contributed by atoms with Crippen LogP contribution >= 0.6 is 11.3 Å². The van der Waals surface area contributed by atoms with Crippen LogP contribution in [0.5, 0.6) is 0 Å². The second-order valence-electron chi connectivity index (χ2n) is 8.07. The van der Waals surface area contributed by atoms with Crippen LogP contribution in [0.15, 0.2) is 29.3 Å². The molecule has 1 atom stereocenters. The molecule has 3 rings (SSSR count). The summed E-state index contributed by atoms with van der Waals surface area (Å²) in [5, 5.41) is 4.21. The van der Waals surface area contributed by atoms with E-state index in [4.69, 9.17) is 14.5 Å². The van der Waals surface area contributed by atoms with E-state index < -0.39 is 16.8 Å². The normalized spacial score (nSPS) is 16.2. The van der Waals surface area contributed by atoms with E-state index in [-0.39, 0.29) is 11.4 Å². The van der Waals surface area contributed by atoms with Gasteiger partial charge in [0.1, 0.15) is 0 Å². The largest absolute Gasteiger partial charge is 0.447 e. The highest BCUT2D eigenvalue weighted by Gasteiger charge is 2.21. The fraction of sp³-hybridized carbons (Fsp3) is 0.545. The Morgan fingerprint density at radius 2 is 1.97 bits per heavy atom. The van der Waals surface area contributed by atoms with Gasteiger partial charge in [0.15, 0.2) is 0 Å². The van der Waals surface area contributed by atoms with Crippen LogP contribution in [-0.2, 0) is 15.4 Å². The third-order valence-corrected chi connectivity index (χ3v) is 7.97. The minimum absolute atomic E-state index is 0.175. The number of ether oxygens (including phenoxy) is 1. The summed E-state index contributed by atoms with van der Waals surface area (Å²) in [5.74, 6) is 0.581. The number of aromatic nitrogens is 1. The van der Waals surface area contributed by atoms with E-state index in [9.17, 15) is 4.79 Å². The molecule has 1 aromatic carbocycles. The molecule has 0 aliphatic heterocycles. The van der Waals surface area contributed by atoms with Crippen molar-refractivity contribution in [3.8, 4) is 10.4 Å². The maximum absolute atomic E-state index is 12.0. The van der Waals surface area contributed by atoms with Gasteiger partial charge in [-0.2, -0.15) is 0 Å². The van der Waals surface area contributed by atoms with Crippen molar-refractivity contribution in [2.45, 2.75) is 82.0 Å². The zero-order valence-corrected chi connectivity index (χ0v) is 19.3. The predicted molar refractivity (Wildman–Crippen MR) is 122 cm³/mol. The first-order chi connectivity index (χ1) is 13.8. The van der Waals surface area contributed by atoms with Crippen LogP contribution in [0.3, 0.4) is 0 Å². The number of carbonyl (C=O) groups excluding carboxylic acids is 1. The summed E-state index contributed by atoms with van der Waals surface area (Å²) in [6.07, 6.45) is 7.71. The van der Waals surface area contributed by atoms with Gasteiger partial charge in [0, 0.05) is 33.5 Å². The van der Waals surface area contributed by atoms with Crippen LogP contribution in [0.1, 0.15) is 70.7 Å². The highest BCUT2D eigenvalue weighted by molar-refractivity contribution is 7.86. The first-order valence-electron chi connectivity index (χ1n) is 10.4. The van der Waals surface area contributed by atoms with E-state index in [1.54, 1.807) is 11.3 Å². The predicted octanol–water partition coefficient (Wildman–Crippen LogP) is 6.96. The van der Waals surface area contributed by atoms with Gasteiger partial charge in [-0.3, -0.25) is 10.1 Å². The summed E-state index contributed by atoms with van der Waals surface area (Å²) in [6, 6.07) is 5.82. The van der Waals surface area contributed by atoms with Gasteiger partial charge in [-0.05, 0) is 38.8 Å². The van der Waals surface area contributed by atoms with Crippen LogP contribution in [0.25, 0.3) is 10.4 Å². The third kappa shape index (κ3) is 5.66. The monoisotopic (exact) mass is 433 g/mol. The Morgan fingerprint density at radius 3 is 2.62 bits per heavy atom. The lowest BCUT2D eigenvalue weighted by molar-refractivity contribution is 0.130. The second kappa shape index (κ2) is 9.85. The number of nitrogens with one attached hydrogen (secondary N) is 2. The third-order valence-electron chi connectivity index (χ3n) is 5.02. The Labute approximate surface area is 180 Å². The van der Waals surface area contributed by atoms with Gasteiger partial charge >= 0.3 is 6.09 Å². The van der Waals surface area contributed by atoms with E-state index in [1.807, 2.05) is 38.2 Å². The summed E-state index contributed by atoms with van der Waals surface area (Å²) >= 11 is 1.76. The molecule has 0 spiro atoms. The van der Waals surface area contributed by atoms with Crippen molar-refractivity contribution in [1.82, 2.24) is 4.98 Å². The summed E-state index contributed by atoms with van der Waals surface area (Å²) < 4.78 is 13.9. The quantitative estimate of drug-likeness (QED) is 0.517. The van der Waals surface area contributed by atoms with Crippen molar-refractivity contribution >= 4 is 33.8 Å². The molecule has 1 amide bonds. The van der Waals surface area contributed by atoms with Gasteiger partial charge in [0.2, 0.25) is 0 Å². The summed E-state index contributed by atoms with van der Waals surface area (Å²) in [5.41, 5.74) is 1.72. The highest BCUT2D eigenvalue weighted by atomic mass is 32.2. The molecule has 2 aromatic rings. The number of hydrogen-bond donors (Lipinski definition) is 2. The lowest BCUT2D eigenvalue weighted by Gasteiger charge is -2.19. The van der Waals surface area contributed by atoms with Crippen molar-refractivity contribution < 1.29 is 9.53 Å². The molecule has 1 saturated carbocycles. The van der Waals surface area contributed by atoms with Crippen LogP contribution in [0.2, 0.25) is 0 Å². The number of thiazole rings is 1.